The Bertz CT molecular complexity index is 758. The zero-order chi connectivity index (χ0) is 19.4. The van der Waals surface area contributed by atoms with E-state index < -0.39 is 41.2 Å². The Labute approximate surface area is 148 Å². The van der Waals surface area contributed by atoms with Crippen LogP contribution >= 0.6 is 0 Å². The van der Waals surface area contributed by atoms with Gasteiger partial charge in [-0.3, -0.25) is 4.90 Å². The van der Waals surface area contributed by atoms with Crippen molar-refractivity contribution in [1.82, 2.24) is 10.2 Å². The Morgan fingerprint density at radius 3 is 2.46 bits per heavy atom. The number of allylic oxidation sites excluding steroid dienone is 1. The summed E-state index contributed by atoms with van der Waals surface area (Å²) in [7, 11) is 1.11. The second-order valence-electron chi connectivity index (χ2n) is 5.64. The Balaban J connectivity index is 2.48. The number of nitrogens with zero attached hydrogens (tertiary/aromatic N) is 1. The Kier molecular flexibility index (Phi) is 5.91. The Morgan fingerprint density at radius 1 is 1.31 bits per heavy atom. The second kappa shape index (κ2) is 7.94. The fraction of sp³-hybridized carbons (Fsp3) is 0.353. The molecule has 0 bridgehead atoms. The van der Waals surface area contributed by atoms with Crippen LogP contribution in [0, 0.1) is 11.6 Å². The van der Waals surface area contributed by atoms with Crippen molar-refractivity contribution in [3.8, 4) is 0 Å². The molecule has 0 fully saturated rings. The third kappa shape index (κ3) is 3.81. The summed E-state index contributed by atoms with van der Waals surface area (Å²) in [5, 5.41) is 12.9. The number of ether oxygens (including phenoxy) is 1. The number of amides is 2. The summed E-state index contributed by atoms with van der Waals surface area (Å²) < 4.78 is 33.0. The van der Waals surface area contributed by atoms with E-state index in [1.54, 1.807) is 0 Å². The Hall–Kier alpha value is -2.97. The molecule has 1 aliphatic heterocycles. The van der Waals surface area contributed by atoms with Crippen molar-refractivity contribution in [2.24, 2.45) is 0 Å². The molecule has 26 heavy (non-hydrogen) atoms. The molecule has 0 saturated heterocycles. The Morgan fingerprint density at radius 2 is 1.92 bits per heavy atom. The highest BCUT2D eigenvalue weighted by atomic mass is 19.1. The first-order chi connectivity index (χ1) is 12.3. The third-order valence-corrected chi connectivity index (χ3v) is 4.05. The molecule has 0 saturated carbocycles. The van der Waals surface area contributed by atoms with E-state index in [1.807, 2.05) is 0 Å². The molecule has 7 nitrogen and oxygen atoms in total. The standard InChI is InChI=1S/C17H18F2N2O5/c1-9-13(16(24)26-2)15(14-10(18)5-3-6-11(14)19)20-17(25)21(9)8-4-7-12(22)23/h3,5-6,15H,4,7-8H2,1-2H3,(H,20,25)(H,22,23)/p-1/t15-/m1/s1. The molecular formula is C17H17F2N2O5-. The molecule has 2 rings (SSSR count). The summed E-state index contributed by atoms with van der Waals surface area (Å²) in [5.74, 6) is -3.98. The number of nitrogens with one attached hydrogen (secondary N) is 1. The van der Waals surface area contributed by atoms with E-state index in [1.165, 1.54) is 13.0 Å². The number of urea groups is 1. The minimum Gasteiger partial charge on any atom is -0.550 e. The maximum atomic E-state index is 14.2. The van der Waals surface area contributed by atoms with E-state index in [0.717, 1.165) is 24.1 Å². The van der Waals surface area contributed by atoms with Gasteiger partial charge in [0.15, 0.2) is 0 Å². The molecule has 0 radical (unpaired) electrons. The first-order valence-electron chi connectivity index (χ1n) is 7.78. The highest BCUT2D eigenvalue weighted by Crippen LogP contribution is 2.34. The van der Waals surface area contributed by atoms with Gasteiger partial charge < -0.3 is 20.0 Å². The van der Waals surface area contributed by atoms with Crippen molar-refractivity contribution in [2.45, 2.75) is 25.8 Å². The number of carboxylic acids is 1. The zero-order valence-corrected chi connectivity index (χ0v) is 14.2. The van der Waals surface area contributed by atoms with E-state index in [4.69, 9.17) is 4.74 Å². The molecule has 1 atom stereocenters. The molecule has 0 unspecified atom stereocenters. The monoisotopic (exact) mass is 367 g/mol. The number of halogens is 2. The summed E-state index contributed by atoms with van der Waals surface area (Å²) in [6.07, 6.45) is -0.198. The molecule has 0 aromatic heterocycles. The van der Waals surface area contributed by atoms with Gasteiger partial charge in [0.25, 0.3) is 0 Å². The molecule has 1 N–H and O–H groups in total. The van der Waals surface area contributed by atoms with Gasteiger partial charge in [-0.15, -0.1) is 0 Å². The van der Waals surface area contributed by atoms with Crippen molar-refractivity contribution < 1.29 is 33.0 Å². The maximum absolute atomic E-state index is 14.2. The molecule has 140 valence electrons. The summed E-state index contributed by atoms with van der Waals surface area (Å²) in [6.45, 7) is 1.41. The van der Waals surface area contributed by atoms with E-state index in [0.29, 0.717) is 0 Å². The van der Waals surface area contributed by atoms with Crippen LogP contribution in [0.2, 0.25) is 0 Å². The van der Waals surface area contributed by atoms with Crippen molar-refractivity contribution in [1.29, 1.82) is 0 Å². The van der Waals surface area contributed by atoms with E-state index in [9.17, 15) is 28.3 Å². The number of carbonyl (C=O) groups excluding carboxylic acids is 3. The molecule has 0 aliphatic carbocycles. The van der Waals surface area contributed by atoms with Gasteiger partial charge in [0, 0.05) is 18.2 Å². The topological polar surface area (TPSA) is 98.8 Å². The van der Waals surface area contributed by atoms with E-state index >= 15 is 0 Å². The number of carbonyl (C=O) groups is 3. The number of benzene rings is 1. The van der Waals surface area contributed by atoms with Crippen molar-refractivity contribution in [2.75, 3.05) is 13.7 Å². The smallest absolute Gasteiger partial charge is 0.337 e. The lowest BCUT2D eigenvalue weighted by Crippen LogP contribution is -2.48. The number of carboxylic acid groups (broad SMARTS) is 1. The number of esters is 1. The van der Waals surface area contributed by atoms with Crippen LogP contribution in [0.4, 0.5) is 13.6 Å². The number of rotatable bonds is 6. The molecule has 1 heterocycles. The highest BCUT2D eigenvalue weighted by molar-refractivity contribution is 5.95. The lowest BCUT2D eigenvalue weighted by atomic mass is 9.94. The van der Waals surface area contributed by atoms with Crippen molar-refractivity contribution in [3.05, 3.63) is 46.7 Å². The first-order valence-corrected chi connectivity index (χ1v) is 7.78. The summed E-state index contributed by atoms with van der Waals surface area (Å²) in [6, 6.07) is 1.12. The van der Waals surface area contributed by atoms with Gasteiger partial charge in [0.2, 0.25) is 0 Å². The normalized spacial score (nSPS) is 17.2. The fourth-order valence-corrected chi connectivity index (χ4v) is 2.81. The lowest BCUT2D eigenvalue weighted by molar-refractivity contribution is -0.305. The zero-order valence-electron chi connectivity index (χ0n) is 14.2. The molecule has 1 aromatic rings. The van der Waals surface area contributed by atoms with Crippen LogP contribution in [0.5, 0.6) is 0 Å². The fourth-order valence-electron chi connectivity index (χ4n) is 2.81. The molecular weight excluding hydrogens is 350 g/mol. The van der Waals surface area contributed by atoms with Gasteiger partial charge in [0.1, 0.15) is 11.6 Å². The predicted octanol–water partition coefficient (Wildman–Crippen LogP) is 1.01. The summed E-state index contributed by atoms with van der Waals surface area (Å²) in [4.78, 5) is 36.2. The molecule has 1 aromatic carbocycles. The van der Waals surface area contributed by atoms with Crippen LogP contribution < -0.4 is 10.4 Å². The highest BCUT2D eigenvalue weighted by Gasteiger charge is 2.38. The van der Waals surface area contributed by atoms with Gasteiger partial charge in [-0.05, 0) is 31.9 Å². The second-order valence-corrected chi connectivity index (χ2v) is 5.64. The summed E-state index contributed by atoms with van der Waals surface area (Å²) >= 11 is 0. The molecule has 1 aliphatic rings. The first kappa shape index (κ1) is 19.4. The van der Waals surface area contributed by atoms with Crippen LogP contribution in [0.15, 0.2) is 29.5 Å². The van der Waals surface area contributed by atoms with Gasteiger partial charge in [0.05, 0.1) is 24.3 Å². The van der Waals surface area contributed by atoms with Gasteiger partial charge in [-0.1, -0.05) is 6.07 Å². The molecule has 0 spiro atoms. The largest absolute Gasteiger partial charge is 0.550 e. The SMILES string of the molecule is COC(=O)C1=C(C)N(CCCC(=O)[O-])C(=O)N[C@H]1c1c(F)cccc1F. The van der Waals surface area contributed by atoms with Gasteiger partial charge in [-0.2, -0.15) is 0 Å². The number of methoxy groups -OCH3 is 1. The average molecular weight is 367 g/mol. The molecule has 9 heteroatoms. The summed E-state index contributed by atoms with van der Waals surface area (Å²) in [5.41, 5.74) is -0.480. The minimum atomic E-state index is -1.37. The van der Waals surface area contributed by atoms with E-state index in [2.05, 4.69) is 5.32 Å². The van der Waals surface area contributed by atoms with Gasteiger partial charge >= 0.3 is 12.0 Å². The van der Waals surface area contributed by atoms with Crippen LogP contribution in [-0.2, 0) is 14.3 Å². The van der Waals surface area contributed by atoms with Crippen molar-refractivity contribution >= 4 is 18.0 Å². The number of aliphatic carboxylic acids is 1. The van der Waals surface area contributed by atoms with Crippen molar-refractivity contribution in [3.63, 3.8) is 0 Å². The predicted molar refractivity (Wildman–Crippen MR) is 83.3 cm³/mol. The van der Waals surface area contributed by atoms with Crippen LogP contribution in [0.25, 0.3) is 0 Å². The number of hydrogen-bond donors (Lipinski definition) is 1. The van der Waals surface area contributed by atoms with Crippen LogP contribution in [-0.4, -0.2) is 36.5 Å². The van der Waals surface area contributed by atoms with Crippen LogP contribution in [0.3, 0.4) is 0 Å². The minimum absolute atomic E-state index is 0.0153. The average Bonchev–Trinajstić information content (AvgIpc) is 2.56. The number of hydrogen-bond acceptors (Lipinski definition) is 5. The molecule has 2 amide bonds. The van der Waals surface area contributed by atoms with Crippen LogP contribution in [0.1, 0.15) is 31.4 Å². The maximum Gasteiger partial charge on any atom is 0.337 e. The lowest BCUT2D eigenvalue weighted by Gasteiger charge is -2.35. The van der Waals surface area contributed by atoms with Gasteiger partial charge in [-0.25, -0.2) is 18.4 Å². The van der Waals surface area contributed by atoms with E-state index in [-0.39, 0.29) is 30.7 Å². The quantitative estimate of drug-likeness (QED) is 0.757. The third-order valence-electron chi connectivity index (χ3n) is 4.05.